The van der Waals surface area contributed by atoms with Crippen LogP contribution in [0.4, 0.5) is 5.69 Å². The first kappa shape index (κ1) is 25.9. The molecule has 0 aliphatic carbocycles. The molecule has 0 saturated carbocycles. The van der Waals surface area contributed by atoms with Crippen LogP contribution in [-0.2, 0) is 27.3 Å². The van der Waals surface area contributed by atoms with Gasteiger partial charge in [-0.25, -0.2) is 9.79 Å². The zero-order valence-corrected chi connectivity index (χ0v) is 19.4. The molecule has 0 aliphatic rings. The number of amides is 1. The normalized spacial score (nSPS) is 11.1. The van der Waals surface area contributed by atoms with E-state index in [0.29, 0.717) is 29.0 Å². The molecule has 0 saturated heterocycles. The van der Waals surface area contributed by atoms with Crippen LogP contribution in [0.3, 0.4) is 0 Å². The van der Waals surface area contributed by atoms with Crippen molar-refractivity contribution < 1.29 is 24.0 Å². The second-order valence-corrected chi connectivity index (χ2v) is 7.94. The van der Waals surface area contributed by atoms with Crippen molar-refractivity contribution in [1.82, 2.24) is 5.32 Å². The van der Waals surface area contributed by atoms with Crippen LogP contribution in [0.15, 0.2) is 83.9 Å². The molecule has 7 N–H and O–H groups in total. The molecular weight excluding hydrogens is 462 g/mol. The van der Waals surface area contributed by atoms with Crippen molar-refractivity contribution in [2.75, 3.05) is 0 Å². The zero-order chi connectivity index (χ0) is 25.9. The van der Waals surface area contributed by atoms with E-state index < -0.39 is 18.0 Å². The van der Waals surface area contributed by atoms with Crippen LogP contribution in [0.2, 0.25) is 0 Å². The molecule has 186 valence electrons. The topological polar surface area (TPSA) is 172 Å². The Balaban J connectivity index is 1.56. The van der Waals surface area contributed by atoms with Crippen molar-refractivity contribution >= 4 is 29.5 Å². The van der Waals surface area contributed by atoms with Gasteiger partial charge in [-0.15, -0.1) is 0 Å². The van der Waals surface area contributed by atoms with Gasteiger partial charge < -0.3 is 26.4 Å². The third kappa shape index (κ3) is 8.26. The van der Waals surface area contributed by atoms with E-state index in [9.17, 15) is 14.4 Å². The van der Waals surface area contributed by atoms with E-state index in [4.69, 9.17) is 22.1 Å². The summed E-state index contributed by atoms with van der Waals surface area (Å²) in [5.74, 6) is 3.77. The number of hydrogen-bond donors (Lipinski definition) is 4. The second-order valence-electron chi connectivity index (χ2n) is 7.94. The van der Waals surface area contributed by atoms with E-state index in [0.717, 1.165) is 5.56 Å². The van der Waals surface area contributed by atoms with Crippen molar-refractivity contribution in [3.8, 4) is 5.75 Å². The van der Waals surface area contributed by atoms with E-state index in [1.807, 2.05) is 30.3 Å². The molecule has 0 aliphatic heterocycles. The largest absolute Gasteiger partial charge is 0.423 e. The van der Waals surface area contributed by atoms with E-state index in [1.54, 1.807) is 48.5 Å². The van der Waals surface area contributed by atoms with Gasteiger partial charge in [0.25, 0.3) is 0 Å². The lowest BCUT2D eigenvalue weighted by Crippen LogP contribution is -2.39. The van der Waals surface area contributed by atoms with E-state index in [2.05, 4.69) is 15.1 Å². The Kier molecular flexibility index (Phi) is 9.12. The summed E-state index contributed by atoms with van der Waals surface area (Å²) in [5.41, 5.74) is 13.2. The third-order valence-corrected chi connectivity index (χ3v) is 5.09. The number of aliphatic imine (C=N–C) groups is 1. The summed E-state index contributed by atoms with van der Waals surface area (Å²) in [6, 6.07) is 21.8. The maximum Gasteiger partial charge on any atom is 0.343 e. The predicted octanol–water partition coefficient (Wildman–Crippen LogP) is 1.89. The number of nitrogens with zero attached hydrogens (tertiary/aromatic N) is 1. The monoisotopic (exact) mass is 489 g/mol. The highest BCUT2D eigenvalue weighted by Crippen LogP contribution is 2.17. The minimum absolute atomic E-state index is 0.0566. The maximum absolute atomic E-state index is 12.6. The summed E-state index contributed by atoms with van der Waals surface area (Å²) in [6.07, 6.45) is 0.464. The zero-order valence-electron chi connectivity index (χ0n) is 19.4. The summed E-state index contributed by atoms with van der Waals surface area (Å²) in [7, 11) is 0. The molecule has 10 heteroatoms. The van der Waals surface area contributed by atoms with Crippen LogP contribution in [-0.4, -0.2) is 29.8 Å². The molecule has 0 bridgehead atoms. The third-order valence-electron chi connectivity index (χ3n) is 5.09. The number of nitrogens with one attached hydrogen (secondary N) is 1. The first-order valence-corrected chi connectivity index (χ1v) is 11.1. The van der Waals surface area contributed by atoms with Gasteiger partial charge >= 0.3 is 11.9 Å². The number of carbonyl (C=O) groups excluding carboxylic acids is 3. The number of hydrogen-bond acceptors (Lipinski definition) is 7. The lowest BCUT2D eigenvalue weighted by atomic mass is 10.0. The lowest BCUT2D eigenvalue weighted by Gasteiger charge is -2.18. The van der Waals surface area contributed by atoms with Gasteiger partial charge in [0.2, 0.25) is 5.91 Å². The molecule has 0 aromatic heterocycles. The van der Waals surface area contributed by atoms with Crippen molar-refractivity contribution in [3.63, 3.8) is 0 Å². The highest BCUT2D eigenvalue weighted by Gasteiger charge is 2.18. The summed E-state index contributed by atoms with van der Waals surface area (Å²) in [5, 5.41) is 2.86. The number of nitrogens with two attached hydrogens (primary N) is 3. The summed E-state index contributed by atoms with van der Waals surface area (Å²) in [4.78, 5) is 44.8. The van der Waals surface area contributed by atoms with Crippen molar-refractivity contribution in [2.45, 2.75) is 25.3 Å². The molecular formula is C26H27N5O5. The number of esters is 1. The lowest BCUT2D eigenvalue weighted by molar-refractivity contribution is -0.144. The van der Waals surface area contributed by atoms with Crippen LogP contribution in [0.25, 0.3) is 0 Å². The Morgan fingerprint density at radius 3 is 2.14 bits per heavy atom. The predicted molar refractivity (Wildman–Crippen MR) is 134 cm³/mol. The summed E-state index contributed by atoms with van der Waals surface area (Å²) >= 11 is 0. The highest BCUT2D eigenvalue weighted by molar-refractivity contribution is 5.91. The Hall–Kier alpha value is -4.70. The standard InChI is InChI=1S/C26H27N5O5/c27-26(28)31-20-10-8-19(9-11-20)25(34)35-22-12-6-18(7-13-22)15-23(32)30-21(16-24(33)36-29)14-17-4-2-1-3-5-17/h1-13,21H,14-16,29H2,(H,30,32)(H4,27,28,31)/t21-/m0/s1. The Morgan fingerprint density at radius 2 is 1.53 bits per heavy atom. The molecule has 0 unspecified atom stereocenters. The summed E-state index contributed by atoms with van der Waals surface area (Å²) < 4.78 is 5.38. The smallest absolute Gasteiger partial charge is 0.343 e. The number of benzene rings is 3. The molecule has 3 aromatic rings. The molecule has 3 aromatic carbocycles. The van der Waals surface area contributed by atoms with Crippen LogP contribution >= 0.6 is 0 Å². The minimum atomic E-state index is -0.617. The van der Waals surface area contributed by atoms with Crippen LogP contribution in [0, 0.1) is 0 Å². The Morgan fingerprint density at radius 1 is 0.861 bits per heavy atom. The van der Waals surface area contributed by atoms with Crippen molar-refractivity contribution in [3.05, 3.63) is 95.6 Å². The molecule has 0 radical (unpaired) electrons. The number of guanidine groups is 1. The molecule has 36 heavy (non-hydrogen) atoms. The van der Waals surface area contributed by atoms with E-state index in [-0.39, 0.29) is 24.7 Å². The number of carbonyl (C=O) groups is 3. The second kappa shape index (κ2) is 12.7. The number of ether oxygens (including phenoxy) is 1. The van der Waals surface area contributed by atoms with Gasteiger partial charge in [0.05, 0.1) is 24.1 Å². The van der Waals surface area contributed by atoms with Crippen LogP contribution in [0.1, 0.15) is 27.9 Å². The van der Waals surface area contributed by atoms with E-state index in [1.165, 1.54) is 0 Å². The molecule has 0 spiro atoms. The van der Waals surface area contributed by atoms with Gasteiger partial charge in [0, 0.05) is 6.04 Å². The van der Waals surface area contributed by atoms with Crippen molar-refractivity contribution in [1.29, 1.82) is 0 Å². The molecule has 0 heterocycles. The van der Waals surface area contributed by atoms with Gasteiger partial charge in [-0.05, 0) is 53.9 Å². The molecule has 0 fully saturated rings. The van der Waals surface area contributed by atoms with Crippen LogP contribution < -0.4 is 27.4 Å². The van der Waals surface area contributed by atoms with E-state index >= 15 is 0 Å². The van der Waals surface area contributed by atoms with Gasteiger partial charge in [-0.1, -0.05) is 42.5 Å². The fraction of sp³-hybridized carbons (Fsp3) is 0.154. The summed E-state index contributed by atoms with van der Waals surface area (Å²) in [6.45, 7) is 0. The average molecular weight is 490 g/mol. The Labute approximate surface area is 208 Å². The molecule has 1 amide bonds. The first-order valence-electron chi connectivity index (χ1n) is 11.1. The number of rotatable bonds is 10. The SMILES string of the molecule is NOC(=O)C[C@H](Cc1ccccc1)NC(=O)Cc1ccc(OC(=O)c2ccc(N=C(N)N)cc2)cc1. The van der Waals surface area contributed by atoms with Gasteiger partial charge in [-0.2, -0.15) is 5.90 Å². The molecule has 3 rings (SSSR count). The van der Waals surface area contributed by atoms with Gasteiger partial charge in [-0.3, -0.25) is 9.59 Å². The van der Waals surface area contributed by atoms with Crippen molar-refractivity contribution in [2.24, 2.45) is 22.4 Å². The quantitative estimate of drug-likeness (QED) is 0.110. The Bertz CT molecular complexity index is 1210. The molecule has 10 nitrogen and oxygen atoms in total. The maximum atomic E-state index is 12.6. The average Bonchev–Trinajstić information content (AvgIpc) is 2.85. The first-order chi connectivity index (χ1) is 17.3. The molecule has 1 atom stereocenters. The minimum Gasteiger partial charge on any atom is -0.423 e. The van der Waals surface area contributed by atoms with Gasteiger partial charge in [0.1, 0.15) is 5.75 Å². The van der Waals surface area contributed by atoms with Crippen LogP contribution in [0.5, 0.6) is 5.75 Å². The fourth-order valence-electron chi connectivity index (χ4n) is 3.45. The van der Waals surface area contributed by atoms with Gasteiger partial charge in [0.15, 0.2) is 5.96 Å². The fourth-order valence-corrected chi connectivity index (χ4v) is 3.45. The highest BCUT2D eigenvalue weighted by atomic mass is 16.7.